The van der Waals surface area contributed by atoms with Crippen molar-refractivity contribution in [2.75, 3.05) is 0 Å². The molecule has 21 heavy (non-hydrogen) atoms. The molecule has 1 amide bonds. The number of amides is 1. The van der Waals surface area contributed by atoms with Gasteiger partial charge in [0, 0.05) is 6.04 Å². The highest BCUT2D eigenvalue weighted by Gasteiger charge is 2.37. The van der Waals surface area contributed by atoms with E-state index in [0.717, 1.165) is 12.1 Å². The van der Waals surface area contributed by atoms with Crippen molar-refractivity contribution in [2.45, 2.75) is 33.2 Å². The van der Waals surface area contributed by atoms with Gasteiger partial charge in [-0.15, -0.1) is 0 Å². The predicted octanol–water partition coefficient (Wildman–Crippen LogP) is 3.24. The Morgan fingerprint density at radius 2 is 1.95 bits per heavy atom. The van der Waals surface area contributed by atoms with Crippen molar-refractivity contribution in [3.8, 4) is 0 Å². The lowest BCUT2D eigenvalue weighted by Crippen LogP contribution is -2.48. The lowest BCUT2D eigenvalue weighted by Gasteiger charge is -2.30. The first kappa shape index (κ1) is 17.4. The number of carboxylic acids is 1. The Bertz CT molecular complexity index is 576. The van der Waals surface area contributed by atoms with Crippen LogP contribution in [0.15, 0.2) is 12.1 Å². The minimum absolute atomic E-state index is 0.335. The number of carboxylic acid groups (broad SMARTS) is 1. The highest BCUT2D eigenvalue weighted by molar-refractivity contribution is 6.31. The van der Waals surface area contributed by atoms with E-state index in [0.29, 0.717) is 6.42 Å². The summed E-state index contributed by atoms with van der Waals surface area (Å²) in [6, 6.07) is 1.13. The highest BCUT2D eigenvalue weighted by Crippen LogP contribution is 2.25. The Morgan fingerprint density at radius 1 is 1.38 bits per heavy atom. The van der Waals surface area contributed by atoms with Gasteiger partial charge in [-0.05, 0) is 32.4 Å². The molecule has 0 heterocycles. The quantitative estimate of drug-likeness (QED) is 0.819. The minimum Gasteiger partial charge on any atom is -0.481 e. The summed E-state index contributed by atoms with van der Waals surface area (Å²) in [6.45, 7) is 4.61. The summed E-state index contributed by atoms with van der Waals surface area (Å²) in [5.41, 5.74) is -1.66. The van der Waals surface area contributed by atoms with Crippen molar-refractivity contribution < 1.29 is 23.5 Å². The monoisotopic (exact) mass is 319 g/mol. The number of hydrogen-bond donors (Lipinski definition) is 2. The molecule has 116 valence electrons. The zero-order valence-electron chi connectivity index (χ0n) is 11.8. The second-order valence-corrected chi connectivity index (χ2v) is 5.56. The van der Waals surface area contributed by atoms with Crippen molar-refractivity contribution in [1.82, 2.24) is 5.32 Å². The molecule has 0 saturated heterocycles. The Hall–Kier alpha value is -1.69. The van der Waals surface area contributed by atoms with E-state index in [-0.39, 0.29) is 0 Å². The molecule has 0 aromatic heterocycles. The van der Waals surface area contributed by atoms with E-state index in [1.165, 1.54) is 13.8 Å². The summed E-state index contributed by atoms with van der Waals surface area (Å²) < 4.78 is 26.8. The van der Waals surface area contributed by atoms with Gasteiger partial charge in [0.1, 0.15) is 10.8 Å². The number of carbonyl (C=O) groups is 2. The average Bonchev–Trinajstić information content (AvgIpc) is 2.41. The summed E-state index contributed by atoms with van der Waals surface area (Å²) in [7, 11) is 0. The van der Waals surface area contributed by atoms with Crippen LogP contribution in [-0.2, 0) is 4.79 Å². The molecular weight excluding hydrogens is 304 g/mol. The predicted molar refractivity (Wildman–Crippen MR) is 74.3 cm³/mol. The Morgan fingerprint density at radius 3 is 2.43 bits per heavy atom. The largest absolute Gasteiger partial charge is 0.481 e. The SMILES string of the molecule is CCC(NC(=O)c1ccc(F)c(Cl)c1F)C(C)(C)C(=O)O. The Balaban J connectivity index is 3.05. The number of benzene rings is 1. The van der Waals surface area contributed by atoms with E-state index in [1.807, 2.05) is 0 Å². The third-order valence-corrected chi connectivity index (χ3v) is 3.76. The molecule has 1 aromatic rings. The maximum Gasteiger partial charge on any atom is 0.311 e. The lowest BCUT2D eigenvalue weighted by molar-refractivity contribution is -0.148. The van der Waals surface area contributed by atoms with Gasteiger partial charge in [-0.1, -0.05) is 18.5 Å². The number of carbonyl (C=O) groups excluding carboxylic acids is 1. The van der Waals surface area contributed by atoms with Crippen molar-refractivity contribution in [3.63, 3.8) is 0 Å². The topological polar surface area (TPSA) is 66.4 Å². The first-order valence-corrected chi connectivity index (χ1v) is 6.68. The van der Waals surface area contributed by atoms with Crippen LogP contribution in [0.3, 0.4) is 0 Å². The molecule has 0 saturated carbocycles. The van der Waals surface area contributed by atoms with Gasteiger partial charge in [0.15, 0.2) is 5.82 Å². The van der Waals surface area contributed by atoms with Gasteiger partial charge in [-0.2, -0.15) is 0 Å². The van der Waals surface area contributed by atoms with E-state index in [4.69, 9.17) is 16.7 Å². The van der Waals surface area contributed by atoms with Crippen LogP contribution in [0.5, 0.6) is 0 Å². The summed E-state index contributed by atoms with van der Waals surface area (Å²) in [5.74, 6) is -4.07. The number of halogens is 3. The highest BCUT2D eigenvalue weighted by atomic mass is 35.5. The second-order valence-electron chi connectivity index (χ2n) is 5.18. The van der Waals surface area contributed by atoms with Crippen molar-refractivity contribution in [3.05, 3.63) is 34.4 Å². The Kier molecular flexibility index (Phi) is 5.28. The summed E-state index contributed by atoms with van der Waals surface area (Å²) in [4.78, 5) is 23.3. The van der Waals surface area contributed by atoms with Crippen LogP contribution in [0.1, 0.15) is 37.6 Å². The molecule has 0 radical (unpaired) electrons. The third kappa shape index (κ3) is 3.50. The zero-order valence-corrected chi connectivity index (χ0v) is 12.6. The van der Waals surface area contributed by atoms with Crippen molar-refractivity contribution >= 4 is 23.5 Å². The van der Waals surface area contributed by atoms with Crippen LogP contribution in [0, 0.1) is 17.0 Å². The number of nitrogens with one attached hydrogen (secondary N) is 1. The standard InChI is InChI=1S/C14H16ClF2NO3/c1-4-9(14(2,3)13(20)21)18-12(19)7-5-6-8(16)10(15)11(7)17/h5-6,9H,4H2,1-3H3,(H,18,19)(H,20,21). The maximum absolute atomic E-state index is 13.8. The normalized spacial score (nSPS) is 12.9. The van der Waals surface area contributed by atoms with Crippen LogP contribution in [0.2, 0.25) is 5.02 Å². The minimum atomic E-state index is -1.23. The van der Waals surface area contributed by atoms with Crippen LogP contribution in [0.25, 0.3) is 0 Å². The molecule has 7 heteroatoms. The van der Waals surface area contributed by atoms with E-state index < -0.39 is 45.6 Å². The fourth-order valence-electron chi connectivity index (χ4n) is 1.88. The molecule has 0 aliphatic carbocycles. The molecule has 1 rings (SSSR count). The van der Waals surface area contributed by atoms with Gasteiger partial charge < -0.3 is 10.4 Å². The first-order valence-electron chi connectivity index (χ1n) is 6.30. The van der Waals surface area contributed by atoms with Crippen LogP contribution in [0.4, 0.5) is 8.78 Å². The molecule has 1 unspecified atom stereocenters. The molecule has 0 aliphatic rings. The molecule has 1 atom stereocenters. The zero-order chi connectivity index (χ0) is 16.4. The average molecular weight is 320 g/mol. The van der Waals surface area contributed by atoms with E-state index in [9.17, 15) is 18.4 Å². The number of hydrogen-bond acceptors (Lipinski definition) is 2. The Labute approximate surface area is 126 Å². The molecule has 0 aliphatic heterocycles. The smallest absolute Gasteiger partial charge is 0.311 e. The molecule has 2 N–H and O–H groups in total. The number of aliphatic carboxylic acids is 1. The van der Waals surface area contributed by atoms with E-state index in [1.54, 1.807) is 6.92 Å². The van der Waals surface area contributed by atoms with Gasteiger partial charge in [-0.25, -0.2) is 8.78 Å². The molecule has 1 aromatic carbocycles. The van der Waals surface area contributed by atoms with Crippen LogP contribution >= 0.6 is 11.6 Å². The fraction of sp³-hybridized carbons (Fsp3) is 0.429. The summed E-state index contributed by atoms with van der Waals surface area (Å²) >= 11 is 5.41. The molecule has 0 fully saturated rings. The molecule has 0 bridgehead atoms. The summed E-state index contributed by atoms with van der Waals surface area (Å²) in [6.07, 6.45) is 0.335. The summed E-state index contributed by atoms with van der Waals surface area (Å²) in [5, 5.41) is 10.8. The van der Waals surface area contributed by atoms with Crippen molar-refractivity contribution in [1.29, 1.82) is 0 Å². The van der Waals surface area contributed by atoms with Gasteiger partial charge in [-0.3, -0.25) is 9.59 Å². The van der Waals surface area contributed by atoms with Gasteiger partial charge in [0.05, 0.1) is 11.0 Å². The third-order valence-electron chi connectivity index (χ3n) is 3.42. The van der Waals surface area contributed by atoms with E-state index in [2.05, 4.69) is 5.32 Å². The fourth-order valence-corrected chi connectivity index (χ4v) is 2.04. The van der Waals surface area contributed by atoms with Crippen LogP contribution < -0.4 is 5.32 Å². The molecule has 0 spiro atoms. The maximum atomic E-state index is 13.8. The molecule has 4 nitrogen and oxygen atoms in total. The van der Waals surface area contributed by atoms with Gasteiger partial charge in [0.25, 0.3) is 5.91 Å². The van der Waals surface area contributed by atoms with Crippen molar-refractivity contribution in [2.24, 2.45) is 5.41 Å². The van der Waals surface area contributed by atoms with Gasteiger partial charge in [0.2, 0.25) is 0 Å². The van der Waals surface area contributed by atoms with Gasteiger partial charge >= 0.3 is 5.97 Å². The van der Waals surface area contributed by atoms with Crippen LogP contribution in [-0.4, -0.2) is 23.0 Å². The lowest BCUT2D eigenvalue weighted by atomic mass is 9.83. The van der Waals surface area contributed by atoms with E-state index >= 15 is 0 Å². The molecular formula is C14H16ClF2NO3. The first-order chi connectivity index (χ1) is 9.62. The second kappa shape index (κ2) is 6.39. The number of rotatable bonds is 5.